The van der Waals surface area contributed by atoms with Gasteiger partial charge in [-0.15, -0.1) is 11.3 Å². The van der Waals surface area contributed by atoms with Gasteiger partial charge in [-0.2, -0.15) is 0 Å². The highest BCUT2D eigenvalue weighted by molar-refractivity contribution is 7.13. The van der Waals surface area contributed by atoms with E-state index in [9.17, 15) is 4.79 Å². The molecule has 0 saturated carbocycles. The fraction of sp³-hybridized carbons (Fsp3) is 0.150. The molecular formula is C20H20N2OS. The minimum absolute atomic E-state index is 0.145. The number of rotatable bonds is 5. The van der Waals surface area contributed by atoms with Crippen LogP contribution in [0.15, 0.2) is 60.0 Å². The first kappa shape index (κ1) is 16.3. The zero-order chi connectivity index (χ0) is 16.9. The molecule has 0 fully saturated rings. The summed E-state index contributed by atoms with van der Waals surface area (Å²) in [6, 6.07) is 17.5. The number of carbonyl (C=O) groups excluding carboxylic acids is 1. The Hall–Kier alpha value is -2.59. The number of benzene rings is 2. The van der Waals surface area contributed by atoms with Crippen LogP contribution in [0.1, 0.15) is 29.3 Å². The third-order valence-electron chi connectivity index (χ3n) is 3.86. The van der Waals surface area contributed by atoms with Gasteiger partial charge in [0.15, 0.2) is 0 Å². The highest BCUT2D eigenvalue weighted by Gasteiger charge is 2.10. The van der Waals surface area contributed by atoms with Crippen LogP contribution in [0.2, 0.25) is 0 Å². The van der Waals surface area contributed by atoms with Crippen LogP contribution >= 0.6 is 11.3 Å². The largest absolute Gasteiger partial charge is 0.397 e. The molecule has 2 aromatic carbocycles. The Morgan fingerprint density at radius 2 is 1.92 bits per heavy atom. The van der Waals surface area contributed by atoms with Crippen LogP contribution in [0, 0.1) is 0 Å². The Kier molecular flexibility index (Phi) is 4.96. The summed E-state index contributed by atoms with van der Waals surface area (Å²) in [6.45, 7) is 2.14. The molecule has 0 bridgehead atoms. The maximum atomic E-state index is 12.5. The van der Waals surface area contributed by atoms with Crippen molar-refractivity contribution < 1.29 is 4.79 Å². The van der Waals surface area contributed by atoms with Gasteiger partial charge in [-0.1, -0.05) is 37.6 Å². The monoisotopic (exact) mass is 336 g/mol. The summed E-state index contributed by atoms with van der Waals surface area (Å²) in [5.74, 6) is -0.145. The Balaban J connectivity index is 1.79. The van der Waals surface area contributed by atoms with Gasteiger partial charge in [0.05, 0.1) is 11.4 Å². The van der Waals surface area contributed by atoms with Gasteiger partial charge in [0.2, 0.25) is 0 Å². The minimum atomic E-state index is -0.145. The summed E-state index contributed by atoms with van der Waals surface area (Å²) >= 11 is 1.66. The molecule has 122 valence electrons. The summed E-state index contributed by atoms with van der Waals surface area (Å²) in [4.78, 5) is 13.6. The van der Waals surface area contributed by atoms with Gasteiger partial charge in [0.25, 0.3) is 5.91 Å². The Labute approximate surface area is 146 Å². The second kappa shape index (κ2) is 7.32. The van der Waals surface area contributed by atoms with Gasteiger partial charge in [-0.25, -0.2) is 0 Å². The highest BCUT2D eigenvalue weighted by Crippen LogP contribution is 2.30. The fourth-order valence-electron chi connectivity index (χ4n) is 2.57. The molecule has 3 aromatic rings. The number of nitrogen functional groups attached to an aromatic ring is 1. The lowest BCUT2D eigenvalue weighted by Gasteiger charge is -2.10. The van der Waals surface area contributed by atoms with Crippen molar-refractivity contribution in [1.82, 2.24) is 0 Å². The number of hydrogen-bond acceptors (Lipinski definition) is 3. The molecule has 0 saturated heterocycles. The molecule has 3 rings (SSSR count). The molecule has 1 amide bonds. The fourth-order valence-corrected chi connectivity index (χ4v) is 3.29. The van der Waals surface area contributed by atoms with Gasteiger partial charge in [-0.05, 0) is 53.3 Å². The molecule has 1 aromatic heterocycles. The Morgan fingerprint density at radius 1 is 1.12 bits per heavy atom. The molecular weight excluding hydrogens is 316 g/mol. The number of anilines is 2. The Bertz CT molecular complexity index is 823. The molecule has 0 aliphatic rings. The number of carbonyl (C=O) groups is 1. The average Bonchev–Trinajstić information content (AvgIpc) is 3.12. The zero-order valence-electron chi connectivity index (χ0n) is 13.6. The molecule has 0 atom stereocenters. The maximum Gasteiger partial charge on any atom is 0.255 e. The van der Waals surface area contributed by atoms with Crippen molar-refractivity contribution in [2.75, 3.05) is 11.1 Å². The number of amides is 1. The van der Waals surface area contributed by atoms with Crippen molar-refractivity contribution in [3.8, 4) is 10.4 Å². The lowest BCUT2D eigenvalue weighted by molar-refractivity contribution is 0.102. The number of nitrogens with one attached hydrogen (secondary N) is 1. The molecule has 0 spiro atoms. The highest BCUT2D eigenvalue weighted by atomic mass is 32.1. The van der Waals surface area contributed by atoms with Crippen molar-refractivity contribution in [1.29, 1.82) is 0 Å². The van der Waals surface area contributed by atoms with E-state index in [2.05, 4.69) is 12.2 Å². The molecule has 1 heterocycles. The van der Waals surface area contributed by atoms with Crippen LogP contribution in [0.3, 0.4) is 0 Å². The molecule has 3 N–H and O–H groups in total. The van der Waals surface area contributed by atoms with E-state index < -0.39 is 0 Å². The second-order valence-corrected chi connectivity index (χ2v) is 6.63. The van der Waals surface area contributed by atoms with Gasteiger partial charge < -0.3 is 11.1 Å². The van der Waals surface area contributed by atoms with E-state index >= 15 is 0 Å². The number of aryl methyl sites for hydroxylation is 1. The van der Waals surface area contributed by atoms with E-state index in [1.165, 1.54) is 5.56 Å². The Morgan fingerprint density at radius 3 is 2.58 bits per heavy atom. The zero-order valence-corrected chi connectivity index (χ0v) is 14.4. The van der Waals surface area contributed by atoms with Gasteiger partial charge in [-0.3, -0.25) is 4.79 Å². The van der Waals surface area contributed by atoms with Gasteiger partial charge in [0, 0.05) is 10.4 Å². The van der Waals surface area contributed by atoms with E-state index in [-0.39, 0.29) is 5.91 Å². The third-order valence-corrected chi connectivity index (χ3v) is 4.78. The molecule has 4 heteroatoms. The summed E-state index contributed by atoms with van der Waals surface area (Å²) in [5, 5.41) is 4.95. The molecule has 24 heavy (non-hydrogen) atoms. The molecule has 3 nitrogen and oxygen atoms in total. The standard InChI is InChI=1S/C20H20N2OS/c1-2-4-14-6-8-15(9-7-14)20(23)22-18-13-16(10-11-17(18)21)19-5-3-12-24-19/h3,5-13H,2,4,21H2,1H3,(H,22,23). The van der Waals surface area contributed by atoms with Crippen LogP contribution in [-0.2, 0) is 6.42 Å². The SMILES string of the molecule is CCCc1ccc(C(=O)Nc2cc(-c3cccs3)ccc2N)cc1. The lowest BCUT2D eigenvalue weighted by Crippen LogP contribution is -2.13. The van der Waals surface area contributed by atoms with Gasteiger partial charge in [0.1, 0.15) is 0 Å². The predicted molar refractivity (Wildman–Crippen MR) is 103 cm³/mol. The molecule has 0 unspecified atom stereocenters. The number of nitrogens with two attached hydrogens (primary N) is 1. The van der Waals surface area contributed by atoms with Crippen molar-refractivity contribution in [3.63, 3.8) is 0 Å². The lowest BCUT2D eigenvalue weighted by atomic mass is 10.1. The molecule has 0 aliphatic carbocycles. The van der Waals surface area contributed by atoms with E-state index in [4.69, 9.17) is 5.73 Å². The van der Waals surface area contributed by atoms with Crippen LogP contribution in [0.5, 0.6) is 0 Å². The minimum Gasteiger partial charge on any atom is -0.397 e. The first-order chi connectivity index (χ1) is 11.7. The third kappa shape index (κ3) is 3.66. The number of thiophene rings is 1. The quantitative estimate of drug-likeness (QED) is 0.629. The summed E-state index contributed by atoms with van der Waals surface area (Å²) in [6.07, 6.45) is 2.12. The second-order valence-electron chi connectivity index (χ2n) is 5.68. The van der Waals surface area contributed by atoms with Crippen LogP contribution in [-0.4, -0.2) is 5.91 Å². The van der Waals surface area contributed by atoms with Crippen molar-refractivity contribution in [2.24, 2.45) is 0 Å². The topological polar surface area (TPSA) is 55.1 Å². The van der Waals surface area contributed by atoms with E-state index in [0.29, 0.717) is 16.9 Å². The molecule has 0 aliphatic heterocycles. The summed E-state index contributed by atoms with van der Waals surface area (Å²) < 4.78 is 0. The summed E-state index contributed by atoms with van der Waals surface area (Å²) in [5.41, 5.74) is 10.2. The van der Waals surface area contributed by atoms with Crippen LogP contribution < -0.4 is 11.1 Å². The van der Waals surface area contributed by atoms with Crippen LogP contribution in [0.4, 0.5) is 11.4 Å². The average molecular weight is 336 g/mol. The first-order valence-electron chi connectivity index (χ1n) is 8.01. The maximum absolute atomic E-state index is 12.5. The number of hydrogen-bond donors (Lipinski definition) is 2. The van der Waals surface area contributed by atoms with E-state index in [1.807, 2.05) is 60.0 Å². The molecule has 0 radical (unpaired) electrons. The summed E-state index contributed by atoms with van der Waals surface area (Å²) in [7, 11) is 0. The van der Waals surface area contributed by atoms with Crippen molar-refractivity contribution in [2.45, 2.75) is 19.8 Å². The van der Waals surface area contributed by atoms with Crippen LogP contribution in [0.25, 0.3) is 10.4 Å². The normalized spacial score (nSPS) is 10.5. The first-order valence-corrected chi connectivity index (χ1v) is 8.89. The predicted octanol–water partition coefficient (Wildman–Crippen LogP) is 5.20. The van der Waals surface area contributed by atoms with E-state index in [1.54, 1.807) is 11.3 Å². The van der Waals surface area contributed by atoms with Crippen molar-refractivity contribution >= 4 is 28.6 Å². The smallest absolute Gasteiger partial charge is 0.255 e. The van der Waals surface area contributed by atoms with Gasteiger partial charge >= 0.3 is 0 Å². The van der Waals surface area contributed by atoms with E-state index in [0.717, 1.165) is 23.3 Å². The van der Waals surface area contributed by atoms with Crippen molar-refractivity contribution in [3.05, 3.63) is 71.1 Å².